The Labute approximate surface area is 160 Å². The van der Waals surface area contributed by atoms with Crippen LogP contribution in [0.25, 0.3) is 16.8 Å². The number of carboxylic acids is 1. The van der Waals surface area contributed by atoms with E-state index < -0.39 is 5.97 Å². The summed E-state index contributed by atoms with van der Waals surface area (Å²) < 4.78 is 1.66. The second kappa shape index (κ2) is 6.96. The largest absolute Gasteiger partial charge is 0.478 e. The molecule has 138 valence electrons. The minimum absolute atomic E-state index is 0.00225. The number of anilines is 2. The Morgan fingerprint density at radius 2 is 1.79 bits per heavy atom. The van der Waals surface area contributed by atoms with Gasteiger partial charge in [0.05, 0.1) is 5.56 Å². The van der Waals surface area contributed by atoms with Crippen LogP contribution in [0.2, 0.25) is 0 Å². The molecule has 0 fully saturated rings. The highest BCUT2D eigenvalue weighted by Gasteiger charge is 2.11. The summed E-state index contributed by atoms with van der Waals surface area (Å²) in [6.07, 6.45) is 1.79. The Morgan fingerprint density at radius 1 is 1.00 bits per heavy atom. The first kappa shape index (κ1) is 17.4. The Morgan fingerprint density at radius 3 is 2.50 bits per heavy atom. The number of rotatable bonds is 5. The lowest BCUT2D eigenvalue weighted by Gasteiger charge is -2.04. The van der Waals surface area contributed by atoms with Gasteiger partial charge < -0.3 is 10.4 Å². The number of hydrogen-bond donors (Lipinski definition) is 2. The molecule has 0 aliphatic carbocycles. The van der Waals surface area contributed by atoms with Crippen LogP contribution in [-0.4, -0.2) is 31.5 Å². The summed E-state index contributed by atoms with van der Waals surface area (Å²) in [5, 5.41) is 16.5. The summed E-state index contributed by atoms with van der Waals surface area (Å²) >= 11 is 0. The van der Waals surface area contributed by atoms with Gasteiger partial charge in [-0.15, -0.1) is 5.10 Å². The first-order valence-corrected chi connectivity index (χ1v) is 8.58. The quantitative estimate of drug-likeness (QED) is 0.513. The number of carboxylic acid groups (broad SMARTS) is 1. The van der Waals surface area contributed by atoms with Crippen LogP contribution in [0.5, 0.6) is 0 Å². The Kier molecular flexibility index (Phi) is 4.33. The van der Waals surface area contributed by atoms with E-state index in [1.54, 1.807) is 28.9 Å². The number of aromatic nitrogens is 3. The van der Waals surface area contributed by atoms with Crippen LogP contribution in [0, 0.1) is 0 Å². The lowest BCUT2D eigenvalue weighted by atomic mass is 10.0. The summed E-state index contributed by atoms with van der Waals surface area (Å²) in [4.78, 5) is 27.2. The number of carbonyl (C=O) groups is 2. The average molecular weight is 372 g/mol. The molecule has 0 aliphatic heterocycles. The zero-order valence-corrected chi connectivity index (χ0v) is 15.0. The zero-order valence-electron chi connectivity index (χ0n) is 15.0. The van der Waals surface area contributed by atoms with Gasteiger partial charge in [-0.05, 0) is 55.0 Å². The van der Waals surface area contributed by atoms with Crippen LogP contribution < -0.4 is 5.32 Å². The number of aromatic carboxylic acids is 1. The van der Waals surface area contributed by atoms with Crippen LogP contribution in [0.4, 0.5) is 11.6 Å². The van der Waals surface area contributed by atoms with Crippen molar-refractivity contribution >= 4 is 29.0 Å². The standard InChI is InChI=1S/C21H16N4O3/c1-13(26)15-4-2-5-16(12-15)18-6-3-11-25-19(18)23-21(24-25)22-17-9-7-14(8-10-17)20(27)28/h2-12H,1H3,(H,22,24)(H,27,28). The predicted molar refractivity (Wildman–Crippen MR) is 105 cm³/mol. The van der Waals surface area contributed by atoms with Crippen molar-refractivity contribution in [1.82, 2.24) is 14.6 Å². The minimum Gasteiger partial charge on any atom is -0.478 e. The van der Waals surface area contributed by atoms with E-state index in [1.165, 1.54) is 19.1 Å². The summed E-state index contributed by atoms with van der Waals surface area (Å²) in [7, 11) is 0. The Hall–Kier alpha value is -4.00. The molecule has 2 N–H and O–H groups in total. The molecule has 4 aromatic rings. The normalized spacial score (nSPS) is 10.8. The summed E-state index contributed by atoms with van der Waals surface area (Å²) in [6, 6.07) is 17.5. The van der Waals surface area contributed by atoms with Crippen molar-refractivity contribution < 1.29 is 14.7 Å². The molecule has 7 nitrogen and oxygen atoms in total. The van der Waals surface area contributed by atoms with E-state index in [4.69, 9.17) is 5.11 Å². The Bertz CT molecular complexity index is 1200. The average Bonchev–Trinajstić information content (AvgIpc) is 3.10. The molecule has 0 bridgehead atoms. The maximum atomic E-state index is 11.7. The van der Waals surface area contributed by atoms with E-state index in [0.717, 1.165) is 11.1 Å². The first-order chi connectivity index (χ1) is 13.5. The number of benzene rings is 2. The fourth-order valence-corrected chi connectivity index (χ4v) is 2.92. The van der Waals surface area contributed by atoms with Gasteiger partial charge in [-0.1, -0.05) is 18.2 Å². The molecule has 0 saturated carbocycles. The molecule has 2 heterocycles. The highest BCUT2D eigenvalue weighted by Crippen LogP contribution is 2.26. The highest BCUT2D eigenvalue weighted by molar-refractivity contribution is 5.96. The third-order valence-electron chi connectivity index (χ3n) is 4.33. The Balaban J connectivity index is 1.70. The van der Waals surface area contributed by atoms with Crippen LogP contribution in [-0.2, 0) is 0 Å². The third kappa shape index (κ3) is 3.33. The molecule has 2 aromatic heterocycles. The number of carbonyl (C=O) groups excluding carboxylic acids is 1. The number of ketones is 1. The molecule has 7 heteroatoms. The summed E-state index contributed by atoms with van der Waals surface area (Å²) in [5.74, 6) is -0.587. The van der Waals surface area contributed by atoms with E-state index >= 15 is 0 Å². The van der Waals surface area contributed by atoms with E-state index in [-0.39, 0.29) is 11.3 Å². The molecule has 0 unspecified atom stereocenters. The van der Waals surface area contributed by atoms with Crippen molar-refractivity contribution in [2.45, 2.75) is 6.92 Å². The van der Waals surface area contributed by atoms with Gasteiger partial charge in [0.2, 0.25) is 5.95 Å². The number of Topliss-reactive ketones (excluding diaryl/α,β-unsaturated/α-hetero) is 1. The molecule has 2 aromatic carbocycles. The second-order valence-corrected chi connectivity index (χ2v) is 6.27. The molecule has 0 spiro atoms. The van der Waals surface area contributed by atoms with Gasteiger partial charge in [0.1, 0.15) is 0 Å². The number of nitrogens with one attached hydrogen (secondary N) is 1. The number of fused-ring (bicyclic) bond motifs is 1. The van der Waals surface area contributed by atoms with Gasteiger partial charge >= 0.3 is 5.97 Å². The fraction of sp³-hybridized carbons (Fsp3) is 0.0476. The molecule has 0 amide bonds. The second-order valence-electron chi connectivity index (χ2n) is 6.27. The van der Waals surface area contributed by atoms with Crippen molar-refractivity contribution in [2.24, 2.45) is 0 Å². The molecule has 0 atom stereocenters. The molecule has 0 radical (unpaired) electrons. The molecule has 4 rings (SSSR count). The summed E-state index contributed by atoms with van der Waals surface area (Å²) in [6.45, 7) is 1.54. The SMILES string of the molecule is CC(=O)c1cccc(-c2cccn3nc(Nc4ccc(C(=O)O)cc4)nc23)c1. The van der Waals surface area contributed by atoms with Crippen molar-refractivity contribution in [3.63, 3.8) is 0 Å². The predicted octanol–water partition coefficient (Wildman–Crippen LogP) is 4.04. The lowest BCUT2D eigenvalue weighted by Crippen LogP contribution is -1.97. The first-order valence-electron chi connectivity index (χ1n) is 8.58. The third-order valence-corrected chi connectivity index (χ3v) is 4.33. The topological polar surface area (TPSA) is 96.6 Å². The number of pyridine rings is 1. The minimum atomic E-state index is -0.977. The fourth-order valence-electron chi connectivity index (χ4n) is 2.92. The van der Waals surface area contributed by atoms with Crippen LogP contribution in [0.15, 0.2) is 66.9 Å². The van der Waals surface area contributed by atoms with E-state index in [2.05, 4.69) is 15.4 Å². The van der Waals surface area contributed by atoms with Crippen molar-refractivity contribution in [3.8, 4) is 11.1 Å². The highest BCUT2D eigenvalue weighted by atomic mass is 16.4. The van der Waals surface area contributed by atoms with Gasteiger partial charge in [0, 0.05) is 23.0 Å². The van der Waals surface area contributed by atoms with Crippen LogP contribution >= 0.6 is 0 Å². The molecular weight excluding hydrogens is 356 g/mol. The van der Waals surface area contributed by atoms with Crippen molar-refractivity contribution in [1.29, 1.82) is 0 Å². The van der Waals surface area contributed by atoms with E-state index in [0.29, 0.717) is 22.8 Å². The van der Waals surface area contributed by atoms with Gasteiger partial charge in [-0.25, -0.2) is 9.31 Å². The monoisotopic (exact) mass is 372 g/mol. The molecular formula is C21H16N4O3. The maximum Gasteiger partial charge on any atom is 0.335 e. The van der Waals surface area contributed by atoms with Gasteiger partial charge in [-0.2, -0.15) is 4.98 Å². The van der Waals surface area contributed by atoms with Gasteiger partial charge in [-0.3, -0.25) is 4.79 Å². The number of hydrogen-bond acceptors (Lipinski definition) is 5. The van der Waals surface area contributed by atoms with Crippen LogP contribution in [0.1, 0.15) is 27.6 Å². The zero-order chi connectivity index (χ0) is 19.7. The number of nitrogens with zero attached hydrogens (tertiary/aromatic N) is 3. The van der Waals surface area contributed by atoms with Crippen LogP contribution in [0.3, 0.4) is 0 Å². The van der Waals surface area contributed by atoms with Crippen molar-refractivity contribution in [3.05, 3.63) is 78.0 Å². The molecule has 0 saturated heterocycles. The van der Waals surface area contributed by atoms with E-state index in [1.807, 2.05) is 30.3 Å². The molecule has 28 heavy (non-hydrogen) atoms. The van der Waals surface area contributed by atoms with Gasteiger partial charge in [0.15, 0.2) is 11.4 Å². The smallest absolute Gasteiger partial charge is 0.335 e. The summed E-state index contributed by atoms with van der Waals surface area (Å²) in [5.41, 5.74) is 3.90. The molecule has 0 aliphatic rings. The van der Waals surface area contributed by atoms with E-state index in [9.17, 15) is 9.59 Å². The van der Waals surface area contributed by atoms with Crippen molar-refractivity contribution in [2.75, 3.05) is 5.32 Å². The lowest BCUT2D eigenvalue weighted by molar-refractivity contribution is 0.0696. The van der Waals surface area contributed by atoms with Gasteiger partial charge in [0.25, 0.3) is 0 Å². The maximum absolute atomic E-state index is 11.7.